The molecule has 0 bridgehead atoms. The van der Waals surface area contributed by atoms with Gasteiger partial charge in [-0.15, -0.1) is 23.2 Å². The number of hydrogen-bond donors (Lipinski definition) is 1. The van der Waals surface area contributed by atoms with Crippen molar-refractivity contribution >= 4 is 35.0 Å². The predicted molar refractivity (Wildman–Crippen MR) is 57.4 cm³/mol. The summed E-state index contributed by atoms with van der Waals surface area (Å²) in [6, 6.07) is 3.45. The number of hydrogen-bond acceptors (Lipinski definition) is 2. The molecule has 2 rings (SSSR count). The number of rotatable bonds is 2. The van der Waals surface area contributed by atoms with E-state index in [2.05, 4.69) is 5.32 Å². The molecule has 0 unspecified atom stereocenters. The van der Waals surface area contributed by atoms with Crippen molar-refractivity contribution in [3.8, 4) is 0 Å². The lowest BCUT2D eigenvalue weighted by Gasteiger charge is -2.05. The summed E-state index contributed by atoms with van der Waals surface area (Å²) in [5, 5.41) is 2.24. The van der Waals surface area contributed by atoms with Crippen LogP contribution in [0.25, 0.3) is 0 Å². The molecule has 0 saturated heterocycles. The van der Waals surface area contributed by atoms with Crippen LogP contribution in [0.3, 0.4) is 0 Å². The Bertz CT molecular complexity index is 416. The van der Waals surface area contributed by atoms with Gasteiger partial charge < -0.3 is 0 Å². The van der Waals surface area contributed by atoms with Crippen LogP contribution in [0, 0.1) is 0 Å². The molecule has 0 radical (unpaired) electrons. The molecule has 0 atom stereocenters. The molecule has 0 aromatic heterocycles. The minimum atomic E-state index is -0.391. The summed E-state index contributed by atoms with van der Waals surface area (Å²) in [6.07, 6.45) is 0. The lowest BCUT2D eigenvalue weighted by atomic mass is 9.99. The molecule has 1 aliphatic heterocycles. The number of fused-ring (bicyclic) bond motifs is 1. The van der Waals surface area contributed by atoms with Crippen molar-refractivity contribution in [2.24, 2.45) is 0 Å². The van der Waals surface area contributed by atoms with Gasteiger partial charge in [-0.25, -0.2) is 0 Å². The van der Waals surface area contributed by atoms with Crippen molar-refractivity contribution in [2.45, 2.75) is 11.8 Å². The minimum absolute atomic E-state index is 0.200. The second-order valence-electron chi connectivity index (χ2n) is 3.18. The lowest BCUT2D eigenvalue weighted by molar-refractivity contribution is 0.0879. The molecule has 15 heavy (non-hydrogen) atoms. The molecule has 3 nitrogen and oxygen atoms in total. The number of alkyl halides is 2. The zero-order valence-corrected chi connectivity index (χ0v) is 9.15. The largest absolute Gasteiger partial charge is 0.288 e. The molecule has 0 spiro atoms. The Morgan fingerprint density at radius 3 is 1.67 bits per heavy atom. The summed E-state index contributed by atoms with van der Waals surface area (Å²) in [7, 11) is 0. The van der Waals surface area contributed by atoms with E-state index in [-0.39, 0.29) is 11.8 Å². The average molecular weight is 244 g/mol. The quantitative estimate of drug-likeness (QED) is 0.639. The fraction of sp³-hybridized carbons (Fsp3) is 0.200. The number of nitrogens with one attached hydrogen (secondary N) is 1. The number of halogens is 2. The Labute approximate surface area is 96.4 Å². The summed E-state index contributed by atoms with van der Waals surface area (Å²) in [5.41, 5.74) is 2.05. The molecule has 78 valence electrons. The first kappa shape index (κ1) is 10.5. The van der Waals surface area contributed by atoms with Crippen LogP contribution in [0.4, 0.5) is 0 Å². The molecular weight excluding hydrogens is 237 g/mol. The maximum absolute atomic E-state index is 11.5. The van der Waals surface area contributed by atoms with Crippen molar-refractivity contribution in [3.05, 3.63) is 34.4 Å². The van der Waals surface area contributed by atoms with Crippen molar-refractivity contribution in [2.75, 3.05) is 0 Å². The first-order valence-electron chi connectivity index (χ1n) is 4.31. The van der Waals surface area contributed by atoms with E-state index in [1.807, 2.05) is 0 Å². The van der Waals surface area contributed by atoms with Gasteiger partial charge in [0.2, 0.25) is 0 Å². The van der Waals surface area contributed by atoms with E-state index in [4.69, 9.17) is 23.2 Å². The normalized spacial score (nSPS) is 14.0. The maximum Gasteiger partial charge on any atom is 0.259 e. The third kappa shape index (κ3) is 1.52. The molecule has 1 N–H and O–H groups in total. The maximum atomic E-state index is 11.5. The summed E-state index contributed by atoms with van der Waals surface area (Å²) >= 11 is 11.4. The van der Waals surface area contributed by atoms with Gasteiger partial charge in [-0.1, -0.05) is 12.1 Å². The molecule has 0 aliphatic carbocycles. The molecule has 5 heteroatoms. The van der Waals surface area contributed by atoms with Crippen LogP contribution in [-0.4, -0.2) is 11.8 Å². The summed E-state index contributed by atoms with van der Waals surface area (Å²) in [6.45, 7) is 0. The number of benzene rings is 1. The van der Waals surface area contributed by atoms with Gasteiger partial charge in [0.1, 0.15) is 0 Å². The second-order valence-corrected chi connectivity index (χ2v) is 3.72. The van der Waals surface area contributed by atoms with Crippen molar-refractivity contribution < 1.29 is 9.59 Å². The van der Waals surface area contributed by atoms with Crippen LogP contribution in [0.2, 0.25) is 0 Å². The first-order valence-corrected chi connectivity index (χ1v) is 5.38. The highest BCUT2D eigenvalue weighted by Gasteiger charge is 2.31. The van der Waals surface area contributed by atoms with E-state index < -0.39 is 11.8 Å². The number of imide groups is 1. The summed E-state index contributed by atoms with van der Waals surface area (Å²) in [4.78, 5) is 23.0. The van der Waals surface area contributed by atoms with Crippen molar-refractivity contribution in [1.82, 2.24) is 5.32 Å². The minimum Gasteiger partial charge on any atom is -0.288 e. The Hall–Kier alpha value is -1.06. The number of carbonyl (C=O) groups excluding carboxylic acids is 2. The van der Waals surface area contributed by atoms with Crippen molar-refractivity contribution in [3.63, 3.8) is 0 Å². The molecule has 2 amide bonds. The SMILES string of the molecule is O=C1NC(=O)c2c(CCl)ccc(CCl)c21. The van der Waals surface area contributed by atoms with Gasteiger partial charge in [-0.05, 0) is 11.1 Å². The summed E-state index contributed by atoms with van der Waals surface area (Å²) in [5.74, 6) is -0.382. The molecule has 1 heterocycles. The molecule has 0 saturated carbocycles. The van der Waals surface area contributed by atoms with Gasteiger partial charge in [-0.2, -0.15) is 0 Å². The molecule has 0 fully saturated rings. The van der Waals surface area contributed by atoms with Crippen molar-refractivity contribution in [1.29, 1.82) is 0 Å². The highest BCUT2D eigenvalue weighted by molar-refractivity contribution is 6.25. The van der Waals surface area contributed by atoms with E-state index in [1.165, 1.54) is 0 Å². The van der Waals surface area contributed by atoms with E-state index in [1.54, 1.807) is 12.1 Å². The van der Waals surface area contributed by atoms with Gasteiger partial charge in [0, 0.05) is 11.8 Å². The van der Waals surface area contributed by atoms with Gasteiger partial charge in [0.15, 0.2) is 0 Å². The fourth-order valence-corrected chi connectivity index (χ4v) is 2.10. The standard InChI is InChI=1S/C10H7Cl2NO2/c11-3-5-1-2-6(4-12)8-7(5)9(14)13-10(8)15/h1-2H,3-4H2,(H,13,14,15). The Morgan fingerprint density at radius 1 is 0.933 bits per heavy atom. The number of amides is 2. The predicted octanol–water partition coefficient (Wildman–Crippen LogP) is 2.05. The highest BCUT2D eigenvalue weighted by Crippen LogP contribution is 2.26. The van der Waals surface area contributed by atoms with Gasteiger partial charge in [0.25, 0.3) is 11.8 Å². The first-order chi connectivity index (χ1) is 7.19. The average Bonchev–Trinajstić information content (AvgIpc) is 2.54. The molecule has 1 aromatic carbocycles. The fourth-order valence-electron chi connectivity index (χ4n) is 1.66. The van der Waals surface area contributed by atoms with E-state index in [9.17, 15) is 9.59 Å². The lowest BCUT2D eigenvalue weighted by Crippen LogP contribution is -2.20. The smallest absolute Gasteiger partial charge is 0.259 e. The van der Waals surface area contributed by atoms with Crippen LogP contribution >= 0.6 is 23.2 Å². The highest BCUT2D eigenvalue weighted by atomic mass is 35.5. The number of carbonyl (C=O) groups is 2. The van der Waals surface area contributed by atoms with E-state index in [0.29, 0.717) is 22.3 Å². The zero-order valence-electron chi connectivity index (χ0n) is 7.64. The summed E-state index contributed by atoms with van der Waals surface area (Å²) < 4.78 is 0. The molecule has 1 aliphatic rings. The van der Waals surface area contributed by atoms with Crippen LogP contribution in [-0.2, 0) is 11.8 Å². The van der Waals surface area contributed by atoms with Crippen LogP contribution < -0.4 is 5.32 Å². The third-order valence-electron chi connectivity index (χ3n) is 2.35. The molecule has 1 aromatic rings. The molecular formula is C10H7Cl2NO2. The Kier molecular flexibility index (Phi) is 2.67. The zero-order chi connectivity index (χ0) is 11.0. The van der Waals surface area contributed by atoms with Crippen LogP contribution in [0.5, 0.6) is 0 Å². The Morgan fingerprint density at radius 2 is 1.33 bits per heavy atom. The third-order valence-corrected chi connectivity index (χ3v) is 2.92. The van der Waals surface area contributed by atoms with E-state index in [0.717, 1.165) is 0 Å². The Balaban J connectivity index is 2.72. The topological polar surface area (TPSA) is 46.2 Å². The van der Waals surface area contributed by atoms with Gasteiger partial charge >= 0.3 is 0 Å². The van der Waals surface area contributed by atoms with E-state index >= 15 is 0 Å². The van der Waals surface area contributed by atoms with Crippen LogP contribution in [0.15, 0.2) is 12.1 Å². The van der Waals surface area contributed by atoms with Crippen LogP contribution in [0.1, 0.15) is 31.8 Å². The second kappa shape index (κ2) is 3.83. The van der Waals surface area contributed by atoms with Gasteiger partial charge in [0.05, 0.1) is 11.1 Å². The van der Waals surface area contributed by atoms with Gasteiger partial charge in [-0.3, -0.25) is 14.9 Å². The monoisotopic (exact) mass is 243 g/mol.